The van der Waals surface area contributed by atoms with Crippen LogP contribution in [0.2, 0.25) is 0 Å². The number of ketones is 2. The maximum atomic E-state index is 11.9. The number of carbonyl (C=O) groups excluding carboxylic acids is 2. The van der Waals surface area contributed by atoms with Gasteiger partial charge in [-0.25, -0.2) is 15.0 Å². The lowest BCUT2D eigenvalue weighted by molar-refractivity contribution is 0.100. The SMILES string of the molecule is CC(=O)c1cccc(-c2cc(-c3ccc(C(C)(C)C)cc3)cc(-c3cccc(C(C)=O)n3)n2)n1. The average molecular weight is 450 g/mol. The van der Waals surface area contributed by atoms with E-state index in [9.17, 15) is 9.59 Å². The first-order valence-corrected chi connectivity index (χ1v) is 11.2. The highest BCUT2D eigenvalue weighted by molar-refractivity contribution is 5.93. The van der Waals surface area contributed by atoms with Gasteiger partial charge in [0.15, 0.2) is 11.6 Å². The fraction of sp³-hybridized carbons (Fsp3) is 0.207. The van der Waals surface area contributed by atoms with Crippen LogP contribution < -0.4 is 0 Å². The van der Waals surface area contributed by atoms with Crippen LogP contribution in [0.5, 0.6) is 0 Å². The lowest BCUT2D eigenvalue weighted by Crippen LogP contribution is -2.10. The van der Waals surface area contributed by atoms with Gasteiger partial charge in [-0.3, -0.25) is 9.59 Å². The molecule has 0 saturated carbocycles. The summed E-state index contributed by atoms with van der Waals surface area (Å²) in [5.74, 6) is -0.210. The predicted octanol–water partition coefficient (Wildman–Crippen LogP) is 6.58. The highest BCUT2D eigenvalue weighted by atomic mass is 16.1. The molecule has 0 fully saturated rings. The molecule has 170 valence electrons. The lowest BCUT2D eigenvalue weighted by Gasteiger charge is -2.19. The van der Waals surface area contributed by atoms with Gasteiger partial charge in [0.1, 0.15) is 11.4 Å². The Morgan fingerprint density at radius 2 is 1.06 bits per heavy atom. The van der Waals surface area contributed by atoms with Crippen molar-refractivity contribution in [1.82, 2.24) is 15.0 Å². The van der Waals surface area contributed by atoms with Crippen molar-refractivity contribution in [1.29, 1.82) is 0 Å². The maximum Gasteiger partial charge on any atom is 0.178 e. The van der Waals surface area contributed by atoms with Gasteiger partial charge in [0, 0.05) is 13.8 Å². The zero-order valence-electron chi connectivity index (χ0n) is 20.1. The van der Waals surface area contributed by atoms with Crippen LogP contribution in [-0.4, -0.2) is 26.5 Å². The third-order valence-corrected chi connectivity index (χ3v) is 5.65. The van der Waals surface area contributed by atoms with E-state index in [2.05, 4.69) is 55.0 Å². The number of rotatable bonds is 5. The molecule has 5 heteroatoms. The van der Waals surface area contributed by atoms with Crippen LogP contribution in [0.4, 0.5) is 0 Å². The third-order valence-electron chi connectivity index (χ3n) is 5.65. The van der Waals surface area contributed by atoms with Crippen molar-refractivity contribution in [2.75, 3.05) is 0 Å². The van der Waals surface area contributed by atoms with E-state index in [0.717, 1.165) is 11.1 Å². The summed E-state index contributed by atoms with van der Waals surface area (Å²) in [6, 6.07) is 23.1. The van der Waals surface area contributed by atoms with Crippen LogP contribution in [0.15, 0.2) is 72.8 Å². The summed E-state index contributed by atoms with van der Waals surface area (Å²) < 4.78 is 0. The molecule has 0 spiro atoms. The molecular weight excluding hydrogens is 422 g/mol. The van der Waals surface area contributed by atoms with Crippen molar-refractivity contribution in [3.8, 4) is 33.9 Å². The Morgan fingerprint density at radius 3 is 1.47 bits per heavy atom. The topological polar surface area (TPSA) is 72.8 Å². The van der Waals surface area contributed by atoms with Crippen LogP contribution in [-0.2, 0) is 5.41 Å². The fourth-order valence-corrected chi connectivity index (χ4v) is 3.67. The van der Waals surface area contributed by atoms with E-state index in [-0.39, 0.29) is 17.0 Å². The normalized spacial score (nSPS) is 11.3. The van der Waals surface area contributed by atoms with Crippen LogP contribution in [0.25, 0.3) is 33.9 Å². The van der Waals surface area contributed by atoms with Crippen molar-refractivity contribution >= 4 is 11.6 Å². The fourth-order valence-electron chi connectivity index (χ4n) is 3.67. The Bertz CT molecular complexity index is 1310. The van der Waals surface area contributed by atoms with Gasteiger partial charge in [-0.05, 0) is 58.5 Å². The highest BCUT2D eigenvalue weighted by Crippen LogP contribution is 2.31. The summed E-state index contributed by atoms with van der Waals surface area (Å²) in [6.07, 6.45) is 0. The number of hydrogen-bond acceptors (Lipinski definition) is 5. The summed E-state index contributed by atoms with van der Waals surface area (Å²) in [5.41, 5.74) is 6.52. The summed E-state index contributed by atoms with van der Waals surface area (Å²) in [6.45, 7) is 9.55. The van der Waals surface area contributed by atoms with E-state index in [0.29, 0.717) is 34.2 Å². The first-order valence-electron chi connectivity index (χ1n) is 11.2. The molecule has 0 aliphatic rings. The largest absolute Gasteiger partial charge is 0.293 e. The molecule has 0 aliphatic carbocycles. The van der Waals surface area contributed by atoms with Crippen molar-refractivity contribution in [2.45, 2.75) is 40.0 Å². The van der Waals surface area contributed by atoms with Crippen LogP contribution >= 0.6 is 0 Å². The molecule has 0 aliphatic heterocycles. The Balaban J connectivity index is 1.89. The van der Waals surface area contributed by atoms with Gasteiger partial charge >= 0.3 is 0 Å². The van der Waals surface area contributed by atoms with Gasteiger partial charge in [-0.1, -0.05) is 57.2 Å². The van der Waals surface area contributed by atoms with Crippen molar-refractivity contribution in [3.63, 3.8) is 0 Å². The minimum Gasteiger partial charge on any atom is -0.293 e. The Kier molecular flexibility index (Phi) is 6.20. The molecule has 0 unspecified atom stereocenters. The second-order valence-electron chi connectivity index (χ2n) is 9.38. The molecule has 0 N–H and O–H groups in total. The molecule has 0 bridgehead atoms. The lowest BCUT2D eigenvalue weighted by atomic mass is 9.86. The smallest absolute Gasteiger partial charge is 0.178 e. The second-order valence-corrected chi connectivity index (χ2v) is 9.38. The summed E-state index contributed by atoms with van der Waals surface area (Å²) in [7, 11) is 0. The maximum absolute atomic E-state index is 11.9. The van der Waals surface area contributed by atoms with Crippen molar-refractivity contribution in [3.05, 3.63) is 89.7 Å². The summed E-state index contributed by atoms with van der Waals surface area (Å²) in [4.78, 5) is 37.6. The van der Waals surface area contributed by atoms with Gasteiger partial charge in [-0.15, -0.1) is 0 Å². The molecule has 3 heterocycles. The Hall–Kier alpha value is -3.99. The Labute approximate surface area is 200 Å². The third kappa shape index (κ3) is 4.99. The van der Waals surface area contributed by atoms with E-state index in [4.69, 9.17) is 4.98 Å². The molecular formula is C29H27N3O2. The van der Waals surface area contributed by atoms with Crippen LogP contribution in [0.3, 0.4) is 0 Å². The van der Waals surface area contributed by atoms with Gasteiger partial charge in [0.2, 0.25) is 0 Å². The standard InChI is InChI=1S/C29H27N3O2/c1-18(33)23-8-6-10-25(30-23)27-16-21(20-12-14-22(15-13-20)29(3,4)5)17-28(32-27)26-11-7-9-24(31-26)19(2)34/h6-17H,1-5H3. The number of benzene rings is 1. The first-order chi connectivity index (χ1) is 16.1. The monoisotopic (exact) mass is 449 g/mol. The Morgan fingerprint density at radius 1 is 0.588 bits per heavy atom. The predicted molar refractivity (Wildman–Crippen MR) is 135 cm³/mol. The van der Waals surface area contributed by atoms with Gasteiger partial charge in [0.25, 0.3) is 0 Å². The van der Waals surface area contributed by atoms with Crippen molar-refractivity contribution < 1.29 is 9.59 Å². The number of pyridine rings is 3. The molecule has 1 aromatic carbocycles. The average Bonchev–Trinajstić information content (AvgIpc) is 2.83. The van der Waals surface area contributed by atoms with Crippen LogP contribution in [0, 0.1) is 0 Å². The van der Waals surface area contributed by atoms with E-state index in [1.807, 2.05) is 24.3 Å². The molecule has 4 aromatic rings. The van der Waals surface area contributed by atoms with E-state index >= 15 is 0 Å². The van der Waals surface area contributed by atoms with E-state index < -0.39 is 0 Å². The molecule has 5 nitrogen and oxygen atoms in total. The zero-order chi connectivity index (χ0) is 24.5. The number of carbonyl (C=O) groups is 2. The molecule has 4 rings (SSSR count). The second kappa shape index (κ2) is 9.10. The minimum absolute atomic E-state index is 0.0567. The number of Topliss-reactive ketones (excluding diaryl/α,β-unsaturated/α-hetero) is 2. The highest BCUT2D eigenvalue weighted by Gasteiger charge is 2.15. The van der Waals surface area contributed by atoms with Crippen molar-refractivity contribution in [2.24, 2.45) is 0 Å². The van der Waals surface area contributed by atoms with Crippen LogP contribution in [0.1, 0.15) is 61.2 Å². The molecule has 3 aromatic heterocycles. The molecule has 0 saturated heterocycles. The summed E-state index contributed by atoms with van der Waals surface area (Å²) in [5, 5.41) is 0. The number of nitrogens with zero attached hydrogens (tertiary/aromatic N) is 3. The van der Waals surface area contributed by atoms with E-state index in [1.54, 1.807) is 24.3 Å². The first kappa shape index (κ1) is 23.2. The molecule has 0 atom stereocenters. The molecule has 0 amide bonds. The van der Waals surface area contributed by atoms with E-state index in [1.165, 1.54) is 19.4 Å². The number of aromatic nitrogens is 3. The number of hydrogen-bond donors (Lipinski definition) is 0. The zero-order valence-corrected chi connectivity index (χ0v) is 20.1. The van der Waals surface area contributed by atoms with Gasteiger partial charge in [0.05, 0.1) is 22.8 Å². The summed E-state index contributed by atoms with van der Waals surface area (Å²) >= 11 is 0. The molecule has 0 radical (unpaired) electrons. The van der Waals surface area contributed by atoms with Gasteiger partial charge in [-0.2, -0.15) is 0 Å². The van der Waals surface area contributed by atoms with Gasteiger partial charge < -0.3 is 0 Å². The molecule has 34 heavy (non-hydrogen) atoms. The minimum atomic E-state index is -0.105. The quantitative estimate of drug-likeness (QED) is 0.322.